The molecule has 0 aliphatic heterocycles. The van der Waals surface area contributed by atoms with E-state index in [0.29, 0.717) is 5.69 Å². The molecule has 1 N–H and O–H groups in total. The molecule has 0 fully saturated rings. The highest BCUT2D eigenvalue weighted by molar-refractivity contribution is 5.98. The molecule has 5 nitrogen and oxygen atoms in total. The van der Waals surface area contributed by atoms with Crippen LogP contribution >= 0.6 is 0 Å². The lowest BCUT2D eigenvalue weighted by atomic mass is 10.3. The maximum absolute atomic E-state index is 11.0. The van der Waals surface area contributed by atoms with Crippen LogP contribution in [0.1, 0.15) is 0 Å². The zero-order valence-corrected chi connectivity index (χ0v) is 8.50. The number of carbonyl (C=O) groups is 1. The van der Waals surface area contributed by atoms with Gasteiger partial charge in [-0.2, -0.15) is 15.0 Å². The van der Waals surface area contributed by atoms with Gasteiger partial charge in [-0.15, -0.1) is 0 Å². The van der Waals surface area contributed by atoms with Gasteiger partial charge in [0.05, 0.1) is 18.1 Å². The lowest BCUT2D eigenvalue weighted by Crippen LogP contribution is -2.07. The third kappa shape index (κ3) is 2.14. The van der Waals surface area contributed by atoms with Crippen LogP contribution in [0, 0.1) is 0 Å². The van der Waals surface area contributed by atoms with E-state index >= 15 is 0 Å². The fourth-order valence-corrected chi connectivity index (χ4v) is 1.22. The fraction of sp³-hybridized carbons (Fsp3) is 0. The van der Waals surface area contributed by atoms with E-state index in [2.05, 4.69) is 22.1 Å². The van der Waals surface area contributed by atoms with E-state index in [9.17, 15) is 4.79 Å². The predicted octanol–water partition coefficient (Wildman–Crippen LogP) is 1.39. The summed E-state index contributed by atoms with van der Waals surface area (Å²) in [5.74, 6) is -0.232. The minimum atomic E-state index is -0.232. The SMILES string of the molecule is C=CC(=O)Nc1ccc(-n2nccn2)cc1. The van der Waals surface area contributed by atoms with Crippen LogP contribution in [0.15, 0.2) is 49.3 Å². The highest BCUT2D eigenvalue weighted by atomic mass is 16.1. The zero-order chi connectivity index (χ0) is 11.4. The Morgan fingerprint density at radius 3 is 2.44 bits per heavy atom. The van der Waals surface area contributed by atoms with Crippen molar-refractivity contribution in [1.82, 2.24) is 15.0 Å². The summed E-state index contributed by atoms with van der Waals surface area (Å²) in [6, 6.07) is 7.19. The molecular formula is C11H10N4O. The maximum Gasteiger partial charge on any atom is 0.247 e. The van der Waals surface area contributed by atoms with Crippen molar-refractivity contribution in [3.05, 3.63) is 49.3 Å². The van der Waals surface area contributed by atoms with Gasteiger partial charge in [0.15, 0.2) is 0 Å². The van der Waals surface area contributed by atoms with Crippen LogP contribution in [0.3, 0.4) is 0 Å². The fourth-order valence-electron chi connectivity index (χ4n) is 1.22. The summed E-state index contributed by atoms with van der Waals surface area (Å²) in [5, 5.41) is 10.6. The van der Waals surface area contributed by atoms with E-state index in [1.807, 2.05) is 12.1 Å². The van der Waals surface area contributed by atoms with Gasteiger partial charge in [-0.05, 0) is 30.3 Å². The number of rotatable bonds is 3. The summed E-state index contributed by atoms with van der Waals surface area (Å²) in [5.41, 5.74) is 1.54. The van der Waals surface area contributed by atoms with Gasteiger partial charge in [-0.1, -0.05) is 6.58 Å². The van der Waals surface area contributed by atoms with Crippen LogP contribution in [-0.4, -0.2) is 20.9 Å². The smallest absolute Gasteiger partial charge is 0.247 e. The number of carbonyl (C=O) groups excluding carboxylic acids is 1. The summed E-state index contributed by atoms with van der Waals surface area (Å²) in [4.78, 5) is 12.5. The average molecular weight is 214 g/mol. The zero-order valence-electron chi connectivity index (χ0n) is 8.50. The Labute approximate surface area is 92.4 Å². The molecule has 1 aromatic carbocycles. The van der Waals surface area contributed by atoms with E-state index in [4.69, 9.17) is 0 Å². The van der Waals surface area contributed by atoms with Gasteiger partial charge >= 0.3 is 0 Å². The Balaban J connectivity index is 2.17. The van der Waals surface area contributed by atoms with Crippen molar-refractivity contribution >= 4 is 11.6 Å². The molecule has 0 saturated carbocycles. The Hall–Kier alpha value is -2.43. The molecule has 2 rings (SSSR count). The molecule has 16 heavy (non-hydrogen) atoms. The van der Waals surface area contributed by atoms with Crippen LogP contribution in [-0.2, 0) is 4.79 Å². The molecule has 2 aromatic rings. The van der Waals surface area contributed by atoms with E-state index in [0.717, 1.165) is 5.69 Å². The number of benzene rings is 1. The quantitative estimate of drug-likeness (QED) is 0.785. The van der Waals surface area contributed by atoms with E-state index < -0.39 is 0 Å². The first-order valence-electron chi connectivity index (χ1n) is 4.70. The van der Waals surface area contributed by atoms with Gasteiger partial charge in [-0.3, -0.25) is 4.79 Å². The highest BCUT2D eigenvalue weighted by Crippen LogP contribution is 2.11. The number of nitrogens with zero attached hydrogens (tertiary/aromatic N) is 3. The molecule has 5 heteroatoms. The molecule has 0 saturated heterocycles. The molecule has 0 radical (unpaired) electrons. The largest absolute Gasteiger partial charge is 0.323 e. The number of hydrogen-bond acceptors (Lipinski definition) is 3. The highest BCUT2D eigenvalue weighted by Gasteiger charge is 1.99. The van der Waals surface area contributed by atoms with Crippen molar-refractivity contribution in [3.63, 3.8) is 0 Å². The summed E-state index contributed by atoms with van der Waals surface area (Å²) in [6.07, 6.45) is 4.43. The number of nitrogens with one attached hydrogen (secondary N) is 1. The van der Waals surface area contributed by atoms with E-state index in [1.54, 1.807) is 24.5 Å². The number of aromatic nitrogens is 3. The molecule has 0 atom stereocenters. The predicted molar refractivity (Wildman–Crippen MR) is 60.2 cm³/mol. The minimum Gasteiger partial charge on any atom is -0.323 e. The van der Waals surface area contributed by atoms with Crippen molar-refractivity contribution in [1.29, 1.82) is 0 Å². The molecule has 0 aliphatic rings. The van der Waals surface area contributed by atoms with Gasteiger partial charge in [-0.25, -0.2) is 0 Å². The topological polar surface area (TPSA) is 59.8 Å². The van der Waals surface area contributed by atoms with Gasteiger partial charge in [0.25, 0.3) is 0 Å². The van der Waals surface area contributed by atoms with Crippen molar-refractivity contribution in [2.75, 3.05) is 5.32 Å². The summed E-state index contributed by atoms with van der Waals surface area (Å²) < 4.78 is 0. The third-order valence-corrected chi connectivity index (χ3v) is 1.97. The van der Waals surface area contributed by atoms with Crippen LogP contribution in [0.2, 0.25) is 0 Å². The van der Waals surface area contributed by atoms with Crippen molar-refractivity contribution in [2.45, 2.75) is 0 Å². The molecule has 1 aromatic heterocycles. The standard InChI is InChI=1S/C11H10N4O/c1-2-11(16)14-9-3-5-10(6-4-9)15-12-7-8-13-15/h2-8H,1H2,(H,14,16). The van der Waals surface area contributed by atoms with Crippen LogP contribution in [0.4, 0.5) is 5.69 Å². The number of hydrogen-bond donors (Lipinski definition) is 1. The Bertz CT molecular complexity index is 487. The van der Waals surface area contributed by atoms with E-state index in [1.165, 1.54) is 10.9 Å². The van der Waals surface area contributed by atoms with Gasteiger partial charge in [0, 0.05) is 5.69 Å². The second-order valence-corrected chi connectivity index (χ2v) is 3.06. The van der Waals surface area contributed by atoms with Crippen molar-refractivity contribution in [3.8, 4) is 5.69 Å². The maximum atomic E-state index is 11.0. The minimum absolute atomic E-state index is 0.232. The van der Waals surface area contributed by atoms with Crippen molar-refractivity contribution in [2.24, 2.45) is 0 Å². The monoisotopic (exact) mass is 214 g/mol. The number of anilines is 1. The third-order valence-electron chi connectivity index (χ3n) is 1.97. The Kier molecular flexibility index (Phi) is 2.77. The second-order valence-electron chi connectivity index (χ2n) is 3.06. The summed E-state index contributed by atoms with van der Waals surface area (Å²) in [7, 11) is 0. The molecular weight excluding hydrogens is 204 g/mol. The first-order valence-corrected chi connectivity index (χ1v) is 4.70. The molecule has 1 amide bonds. The molecule has 0 aliphatic carbocycles. The van der Waals surface area contributed by atoms with Crippen LogP contribution in [0.5, 0.6) is 0 Å². The Morgan fingerprint density at radius 1 is 1.25 bits per heavy atom. The van der Waals surface area contributed by atoms with E-state index in [-0.39, 0.29) is 5.91 Å². The first-order chi connectivity index (χ1) is 7.79. The lowest BCUT2D eigenvalue weighted by molar-refractivity contribution is -0.111. The average Bonchev–Trinajstić information content (AvgIpc) is 2.83. The van der Waals surface area contributed by atoms with Gasteiger partial charge in [0.1, 0.15) is 0 Å². The van der Waals surface area contributed by atoms with Gasteiger partial charge < -0.3 is 5.32 Å². The molecule has 0 spiro atoms. The van der Waals surface area contributed by atoms with Crippen LogP contribution in [0.25, 0.3) is 5.69 Å². The van der Waals surface area contributed by atoms with Crippen LogP contribution < -0.4 is 5.32 Å². The first kappa shape index (κ1) is 10.1. The molecule has 0 unspecified atom stereocenters. The second kappa shape index (κ2) is 4.39. The number of amides is 1. The normalized spacial score (nSPS) is 9.75. The summed E-state index contributed by atoms with van der Waals surface area (Å²) in [6.45, 7) is 3.38. The lowest BCUT2D eigenvalue weighted by Gasteiger charge is -2.03. The summed E-state index contributed by atoms with van der Waals surface area (Å²) >= 11 is 0. The molecule has 0 bridgehead atoms. The Morgan fingerprint density at radius 2 is 1.88 bits per heavy atom. The molecule has 1 heterocycles. The van der Waals surface area contributed by atoms with Crippen molar-refractivity contribution < 1.29 is 4.79 Å². The van der Waals surface area contributed by atoms with Gasteiger partial charge in [0.2, 0.25) is 5.91 Å². The molecule has 80 valence electrons.